The van der Waals surface area contributed by atoms with Gasteiger partial charge in [-0.05, 0) is 49.1 Å². The van der Waals surface area contributed by atoms with E-state index in [9.17, 15) is 9.18 Å². The van der Waals surface area contributed by atoms with Crippen LogP contribution in [0.3, 0.4) is 0 Å². The quantitative estimate of drug-likeness (QED) is 0.421. The van der Waals surface area contributed by atoms with Crippen LogP contribution in [-0.2, 0) is 22.5 Å². The number of ether oxygens (including phenoxy) is 1. The van der Waals surface area contributed by atoms with Crippen LogP contribution < -0.4 is 0 Å². The van der Waals surface area contributed by atoms with Crippen LogP contribution >= 0.6 is 23.4 Å². The van der Waals surface area contributed by atoms with Gasteiger partial charge in [-0.1, -0.05) is 23.7 Å². The van der Waals surface area contributed by atoms with E-state index in [1.54, 1.807) is 13.0 Å². The van der Waals surface area contributed by atoms with Gasteiger partial charge in [0.15, 0.2) is 0 Å². The van der Waals surface area contributed by atoms with Gasteiger partial charge in [-0.15, -0.1) is 11.8 Å². The molecule has 0 unspecified atom stereocenters. The summed E-state index contributed by atoms with van der Waals surface area (Å²) in [6.45, 7) is 2.68. The van der Waals surface area contributed by atoms with Crippen molar-refractivity contribution in [3.8, 4) is 0 Å². The van der Waals surface area contributed by atoms with Gasteiger partial charge in [0, 0.05) is 33.1 Å². The second kappa shape index (κ2) is 8.14. The predicted octanol–water partition coefficient (Wildman–Crippen LogP) is 5.31. The van der Waals surface area contributed by atoms with Crippen molar-refractivity contribution in [1.82, 2.24) is 4.57 Å². The highest BCUT2D eigenvalue weighted by Crippen LogP contribution is 2.35. The molecule has 1 heterocycles. The van der Waals surface area contributed by atoms with Gasteiger partial charge in [-0.2, -0.15) is 0 Å². The maximum absolute atomic E-state index is 13.8. The lowest BCUT2D eigenvalue weighted by molar-refractivity contribution is -0.142. The molecule has 0 aliphatic rings. The Kier molecular flexibility index (Phi) is 5.89. The molecule has 0 spiro atoms. The monoisotopic (exact) mass is 391 g/mol. The Balaban J connectivity index is 2.13. The van der Waals surface area contributed by atoms with Gasteiger partial charge in [0.1, 0.15) is 5.82 Å². The molecule has 0 N–H and O–H groups in total. The van der Waals surface area contributed by atoms with Crippen molar-refractivity contribution in [3.05, 3.63) is 64.6 Å². The van der Waals surface area contributed by atoms with Gasteiger partial charge in [-0.25, -0.2) is 4.39 Å². The van der Waals surface area contributed by atoms with Gasteiger partial charge in [0.05, 0.1) is 13.0 Å². The first-order valence-corrected chi connectivity index (χ1v) is 9.88. The third kappa shape index (κ3) is 3.89. The van der Waals surface area contributed by atoms with E-state index in [-0.39, 0.29) is 18.2 Å². The van der Waals surface area contributed by atoms with E-state index in [4.69, 9.17) is 16.3 Å². The van der Waals surface area contributed by atoms with Crippen LogP contribution in [0.25, 0.3) is 10.9 Å². The molecule has 0 saturated carbocycles. The standard InChI is InChI=1S/C20H19ClFNO2S/c1-3-25-19(24)11-18-20(26-2)16-10-15(22)8-9-17(16)23(18)12-13-4-6-14(21)7-5-13/h4-10H,3,11-12H2,1-2H3. The first kappa shape index (κ1) is 18.8. The van der Waals surface area contributed by atoms with Crippen LogP contribution in [-0.4, -0.2) is 23.4 Å². The van der Waals surface area contributed by atoms with E-state index >= 15 is 0 Å². The highest BCUT2D eigenvalue weighted by atomic mass is 35.5. The SMILES string of the molecule is CCOC(=O)Cc1c(SC)c2cc(F)ccc2n1Cc1ccc(Cl)cc1. The maximum atomic E-state index is 13.8. The zero-order valence-electron chi connectivity index (χ0n) is 14.6. The first-order chi connectivity index (χ1) is 12.5. The molecule has 0 radical (unpaired) electrons. The molecule has 3 rings (SSSR count). The lowest BCUT2D eigenvalue weighted by Gasteiger charge is -2.12. The van der Waals surface area contributed by atoms with Crippen molar-refractivity contribution in [1.29, 1.82) is 0 Å². The zero-order chi connectivity index (χ0) is 18.7. The topological polar surface area (TPSA) is 31.2 Å². The Morgan fingerprint density at radius 1 is 1.23 bits per heavy atom. The number of aromatic nitrogens is 1. The molecule has 0 aliphatic carbocycles. The third-order valence-corrected chi connectivity index (χ3v) is 5.27. The van der Waals surface area contributed by atoms with E-state index in [2.05, 4.69) is 4.57 Å². The van der Waals surface area contributed by atoms with Crippen molar-refractivity contribution in [2.24, 2.45) is 0 Å². The fraction of sp³-hybridized carbons (Fsp3) is 0.250. The molecular formula is C20H19ClFNO2S. The van der Waals surface area contributed by atoms with Crippen molar-refractivity contribution >= 4 is 40.2 Å². The number of thioether (sulfide) groups is 1. The Hall–Kier alpha value is -1.98. The fourth-order valence-corrected chi connectivity index (χ4v) is 3.98. The average Bonchev–Trinajstić information content (AvgIpc) is 2.89. The van der Waals surface area contributed by atoms with E-state index in [1.165, 1.54) is 23.9 Å². The summed E-state index contributed by atoms with van der Waals surface area (Å²) >= 11 is 7.49. The molecule has 2 aromatic carbocycles. The number of carbonyl (C=O) groups excluding carboxylic acids is 1. The van der Waals surface area contributed by atoms with E-state index < -0.39 is 0 Å². The van der Waals surface area contributed by atoms with Gasteiger partial charge in [0.25, 0.3) is 0 Å². The molecule has 0 saturated heterocycles. The number of benzene rings is 2. The summed E-state index contributed by atoms with van der Waals surface area (Å²) in [5, 5.41) is 1.48. The number of halogens is 2. The van der Waals surface area contributed by atoms with Crippen LogP contribution in [0.15, 0.2) is 47.4 Å². The van der Waals surface area contributed by atoms with Crippen LogP contribution in [0.4, 0.5) is 4.39 Å². The largest absolute Gasteiger partial charge is 0.466 e. The van der Waals surface area contributed by atoms with E-state index in [0.717, 1.165) is 27.1 Å². The Morgan fingerprint density at radius 3 is 2.62 bits per heavy atom. The Morgan fingerprint density at radius 2 is 1.96 bits per heavy atom. The van der Waals surface area contributed by atoms with Crippen LogP contribution in [0.2, 0.25) is 5.02 Å². The van der Waals surface area contributed by atoms with Crippen molar-refractivity contribution in [2.75, 3.05) is 12.9 Å². The van der Waals surface area contributed by atoms with Gasteiger partial charge in [-0.3, -0.25) is 4.79 Å². The lowest BCUT2D eigenvalue weighted by atomic mass is 10.2. The molecule has 26 heavy (non-hydrogen) atoms. The van der Waals surface area contributed by atoms with Gasteiger partial charge >= 0.3 is 5.97 Å². The van der Waals surface area contributed by atoms with Crippen LogP contribution in [0, 0.1) is 5.82 Å². The first-order valence-electron chi connectivity index (χ1n) is 8.28. The number of nitrogens with zero attached hydrogens (tertiary/aromatic N) is 1. The van der Waals surface area contributed by atoms with E-state index in [0.29, 0.717) is 18.2 Å². The highest BCUT2D eigenvalue weighted by molar-refractivity contribution is 7.98. The molecule has 3 aromatic rings. The molecule has 0 bridgehead atoms. The Labute approximate surface area is 161 Å². The second-order valence-corrected chi connectivity index (χ2v) is 7.09. The van der Waals surface area contributed by atoms with Gasteiger partial charge < -0.3 is 9.30 Å². The minimum absolute atomic E-state index is 0.147. The summed E-state index contributed by atoms with van der Waals surface area (Å²) in [7, 11) is 0. The molecule has 136 valence electrons. The highest BCUT2D eigenvalue weighted by Gasteiger charge is 2.20. The number of hydrogen-bond donors (Lipinski definition) is 0. The number of rotatable bonds is 6. The molecule has 1 aromatic heterocycles. The van der Waals surface area contributed by atoms with Crippen molar-refractivity contribution in [3.63, 3.8) is 0 Å². The molecule has 0 atom stereocenters. The maximum Gasteiger partial charge on any atom is 0.311 e. The fourth-order valence-electron chi connectivity index (χ4n) is 3.05. The Bertz CT molecular complexity index is 937. The number of fused-ring (bicyclic) bond motifs is 1. The normalized spacial score (nSPS) is 11.1. The van der Waals surface area contributed by atoms with Crippen molar-refractivity contribution < 1.29 is 13.9 Å². The summed E-state index contributed by atoms with van der Waals surface area (Å²) in [5.74, 6) is -0.581. The number of hydrogen-bond acceptors (Lipinski definition) is 3. The number of carbonyl (C=O) groups is 1. The predicted molar refractivity (Wildman–Crippen MR) is 105 cm³/mol. The second-order valence-electron chi connectivity index (χ2n) is 5.84. The zero-order valence-corrected chi connectivity index (χ0v) is 16.2. The lowest BCUT2D eigenvalue weighted by Crippen LogP contribution is -2.13. The molecule has 3 nitrogen and oxygen atoms in total. The average molecular weight is 392 g/mol. The summed E-state index contributed by atoms with van der Waals surface area (Å²) in [4.78, 5) is 13.0. The summed E-state index contributed by atoms with van der Waals surface area (Å²) in [5.41, 5.74) is 2.78. The summed E-state index contributed by atoms with van der Waals surface area (Å²) in [6, 6.07) is 12.3. The minimum atomic E-state index is -0.292. The molecular weight excluding hydrogens is 373 g/mol. The van der Waals surface area contributed by atoms with Crippen molar-refractivity contribution in [2.45, 2.75) is 24.8 Å². The molecule has 6 heteroatoms. The molecule has 0 aliphatic heterocycles. The molecule has 0 amide bonds. The van der Waals surface area contributed by atoms with E-state index in [1.807, 2.05) is 30.5 Å². The summed E-state index contributed by atoms with van der Waals surface area (Å²) < 4.78 is 21.0. The smallest absolute Gasteiger partial charge is 0.311 e. The minimum Gasteiger partial charge on any atom is -0.466 e. The third-order valence-electron chi connectivity index (χ3n) is 4.16. The number of esters is 1. The summed E-state index contributed by atoms with van der Waals surface area (Å²) in [6.07, 6.45) is 2.08. The van der Waals surface area contributed by atoms with Gasteiger partial charge in [0.2, 0.25) is 0 Å². The van der Waals surface area contributed by atoms with Crippen LogP contribution in [0.5, 0.6) is 0 Å². The molecule has 0 fully saturated rings. The van der Waals surface area contributed by atoms with Crippen LogP contribution in [0.1, 0.15) is 18.2 Å².